The molecule has 0 bridgehead atoms. The highest BCUT2D eigenvalue weighted by Gasteiger charge is 2.15. The summed E-state index contributed by atoms with van der Waals surface area (Å²) in [5.74, 6) is 0.612. The summed E-state index contributed by atoms with van der Waals surface area (Å²) in [5.41, 5.74) is 0.252. The molecule has 24 heavy (non-hydrogen) atoms. The average molecular weight is 329 g/mol. The molecule has 6 heteroatoms. The van der Waals surface area contributed by atoms with Crippen LogP contribution < -0.4 is 11.2 Å². The zero-order chi connectivity index (χ0) is 17.1. The Labute approximate surface area is 139 Å². The van der Waals surface area contributed by atoms with Gasteiger partial charge < -0.3 is 0 Å². The Morgan fingerprint density at radius 2 is 2.04 bits per heavy atom. The Kier molecular flexibility index (Phi) is 4.92. The first-order chi connectivity index (χ1) is 11.5. The van der Waals surface area contributed by atoms with Gasteiger partial charge in [-0.3, -0.25) is 19.1 Å². The number of rotatable bonds is 5. The third kappa shape index (κ3) is 3.63. The van der Waals surface area contributed by atoms with Crippen LogP contribution in [-0.4, -0.2) is 20.3 Å². The van der Waals surface area contributed by atoms with Crippen LogP contribution in [0.15, 0.2) is 21.9 Å². The molecule has 2 aromatic heterocycles. The highest BCUT2D eigenvalue weighted by atomic mass is 16.2. The molecular weight excluding hydrogens is 306 g/mol. The standard InChI is InChI=1S/C18H23N3O3/c1-12(22)9-14-10-15-16(19-11-14)20-18(24)21(17(15)23)8-7-13-5-3-2-4-6-13/h10-11,13H,2-9H2,1H3,(H,19,20,24). The number of carbonyl (C=O) groups is 1. The Morgan fingerprint density at radius 1 is 1.29 bits per heavy atom. The normalized spacial score (nSPS) is 15.7. The van der Waals surface area contributed by atoms with Gasteiger partial charge in [0.25, 0.3) is 5.56 Å². The SMILES string of the molecule is CC(=O)Cc1cnc2[nH]c(=O)n(CCC3CCCCC3)c(=O)c2c1. The lowest BCUT2D eigenvalue weighted by Gasteiger charge is -2.21. The van der Waals surface area contributed by atoms with Crippen molar-refractivity contribution in [2.45, 2.75) is 58.4 Å². The number of pyridine rings is 1. The van der Waals surface area contributed by atoms with E-state index in [2.05, 4.69) is 9.97 Å². The second-order valence-corrected chi connectivity index (χ2v) is 6.80. The summed E-state index contributed by atoms with van der Waals surface area (Å²) < 4.78 is 1.27. The molecule has 2 heterocycles. The summed E-state index contributed by atoms with van der Waals surface area (Å²) >= 11 is 0. The number of hydrogen-bond donors (Lipinski definition) is 1. The lowest BCUT2D eigenvalue weighted by molar-refractivity contribution is -0.116. The second kappa shape index (κ2) is 7.11. The number of nitrogens with zero attached hydrogens (tertiary/aromatic N) is 2. The molecule has 0 saturated heterocycles. The first kappa shape index (κ1) is 16.6. The third-order valence-electron chi connectivity index (χ3n) is 4.83. The maximum absolute atomic E-state index is 12.7. The maximum atomic E-state index is 12.7. The number of hydrogen-bond acceptors (Lipinski definition) is 4. The minimum absolute atomic E-state index is 0.0122. The third-order valence-corrected chi connectivity index (χ3v) is 4.83. The Balaban J connectivity index is 1.90. The van der Waals surface area contributed by atoms with E-state index < -0.39 is 5.69 Å². The van der Waals surface area contributed by atoms with Crippen molar-refractivity contribution in [1.82, 2.24) is 14.5 Å². The minimum Gasteiger partial charge on any atom is -0.300 e. The van der Waals surface area contributed by atoms with Crippen LogP contribution in [0.5, 0.6) is 0 Å². The number of aromatic amines is 1. The van der Waals surface area contributed by atoms with Crippen LogP contribution in [0.2, 0.25) is 0 Å². The molecule has 128 valence electrons. The van der Waals surface area contributed by atoms with E-state index in [1.54, 1.807) is 6.07 Å². The second-order valence-electron chi connectivity index (χ2n) is 6.80. The quantitative estimate of drug-likeness (QED) is 0.911. The molecule has 6 nitrogen and oxygen atoms in total. The molecule has 0 amide bonds. The number of H-pyrrole nitrogens is 1. The van der Waals surface area contributed by atoms with E-state index in [4.69, 9.17) is 0 Å². The lowest BCUT2D eigenvalue weighted by atomic mass is 9.87. The Bertz CT molecular complexity index is 860. The largest absolute Gasteiger partial charge is 0.329 e. The van der Waals surface area contributed by atoms with Crippen molar-refractivity contribution >= 4 is 16.8 Å². The van der Waals surface area contributed by atoms with Gasteiger partial charge in [0.1, 0.15) is 11.4 Å². The molecule has 1 aliphatic rings. The monoisotopic (exact) mass is 329 g/mol. The summed E-state index contributed by atoms with van der Waals surface area (Å²) in [6.07, 6.45) is 8.77. The highest BCUT2D eigenvalue weighted by molar-refractivity contribution is 5.80. The first-order valence-corrected chi connectivity index (χ1v) is 8.66. The maximum Gasteiger partial charge on any atom is 0.329 e. The molecule has 3 rings (SSSR count). The zero-order valence-corrected chi connectivity index (χ0v) is 14.0. The van der Waals surface area contributed by atoms with E-state index in [1.807, 2.05) is 0 Å². The average Bonchev–Trinajstić information content (AvgIpc) is 2.56. The van der Waals surface area contributed by atoms with Crippen LogP contribution in [0, 0.1) is 5.92 Å². The number of Topliss-reactive ketones (excluding diaryl/α,β-unsaturated/α-hetero) is 1. The van der Waals surface area contributed by atoms with E-state index in [0.717, 1.165) is 6.42 Å². The van der Waals surface area contributed by atoms with E-state index in [0.29, 0.717) is 23.4 Å². The molecule has 0 aliphatic heterocycles. The molecule has 0 atom stereocenters. The fourth-order valence-electron chi connectivity index (χ4n) is 3.55. The van der Waals surface area contributed by atoms with Crippen molar-refractivity contribution in [3.63, 3.8) is 0 Å². The van der Waals surface area contributed by atoms with Crippen LogP contribution in [0.1, 0.15) is 51.0 Å². The van der Waals surface area contributed by atoms with Gasteiger partial charge in [0.15, 0.2) is 0 Å². The van der Waals surface area contributed by atoms with Gasteiger partial charge in [0.05, 0.1) is 5.39 Å². The molecular formula is C18H23N3O3. The van der Waals surface area contributed by atoms with E-state index in [9.17, 15) is 14.4 Å². The van der Waals surface area contributed by atoms with Crippen molar-refractivity contribution < 1.29 is 4.79 Å². The van der Waals surface area contributed by atoms with Gasteiger partial charge in [0, 0.05) is 19.2 Å². The van der Waals surface area contributed by atoms with Crippen LogP contribution >= 0.6 is 0 Å². The lowest BCUT2D eigenvalue weighted by Crippen LogP contribution is -2.36. The van der Waals surface area contributed by atoms with Crippen molar-refractivity contribution in [1.29, 1.82) is 0 Å². The van der Waals surface area contributed by atoms with Crippen molar-refractivity contribution in [2.24, 2.45) is 5.92 Å². The summed E-state index contributed by atoms with van der Waals surface area (Å²) in [4.78, 5) is 42.9. The number of fused-ring (bicyclic) bond motifs is 1. The van der Waals surface area contributed by atoms with Crippen LogP contribution in [0.25, 0.3) is 11.0 Å². The number of nitrogens with one attached hydrogen (secondary N) is 1. The van der Waals surface area contributed by atoms with Gasteiger partial charge in [-0.05, 0) is 30.9 Å². The fourth-order valence-corrected chi connectivity index (χ4v) is 3.55. The molecule has 0 aromatic carbocycles. The van der Waals surface area contributed by atoms with Crippen molar-refractivity contribution in [3.8, 4) is 0 Å². The van der Waals surface area contributed by atoms with Crippen LogP contribution in [0.3, 0.4) is 0 Å². The van der Waals surface area contributed by atoms with E-state index >= 15 is 0 Å². The molecule has 1 saturated carbocycles. The highest BCUT2D eigenvalue weighted by Crippen LogP contribution is 2.26. The molecule has 0 spiro atoms. The Hall–Kier alpha value is -2.24. The molecule has 1 N–H and O–H groups in total. The summed E-state index contributed by atoms with van der Waals surface area (Å²) in [6, 6.07) is 1.67. The van der Waals surface area contributed by atoms with Crippen LogP contribution in [-0.2, 0) is 17.8 Å². The molecule has 0 radical (unpaired) electrons. The number of carbonyl (C=O) groups excluding carboxylic acids is 1. The molecule has 0 unspecified atom stereocenters. The fraction of sp³-hybridized carbons (Fsp3) is 0.556. The molecule has 1 aliphatic carbocycles. The predicted octanol–water partition coefficient (Wildman–Crippen LogP) is 2.19. The first-order valence-electron chi connectivity index (χ1n) is 8.66. The van der Waals surface area contributed by atoms with Gasteiger partial charge in [-0.2, -0.15) is 0 Å². The van der Waals surface area contributed by atoms with E-state index in [-0.39, 0.29) is 23.4 Å². The number of aromatic nitrogens is 3. The topological polar surface area (TPSA) is 84.8 Å². The van der Waals surface area contributed by atoms with Gasteiger partial charge >= 0.3 is 5.69 Å². The van der Waals surface area contributed by atoms with Gasteiger partial charge in [0.2, 0.25) is 0 Å². The number of ketones is 1. The minimum atomic E-state index is -0.407. The zero-order valence-electron chi connectivity index (χ0n) is 14.0. The summed E-state index contributed by atoms with van der Waals surface area (Å²) in [5, 5.41) is 0.372. The van der Waals surface area contributed by atoms with Crippen LogP contribution in [0.4, 0.5) is 0 Å². The predicted molar refractivity (Wildman–Crippen MR) is 92.2 cm³/mol. The molecule has 2 aromatic rings. The van der Waals surface area contributed by atoms with Gasteiger partial charge in [-0.1, -0.05) is 32.1 Å². The van der Waals surface area contributed by atoms with Gasteiger partial charge in [-0.25, -0.2) is 9.78 Å². The smallest absolute Gasteiger partial charge is 0.300 e. The van der Waals surface area contributed by atoms with Crippen molar-refractivity contribution in [3.05, 3.63) is 38.7 Å². The van der Waals surface area contributed by atoms with Crippen molar-refractivity contribution in [2.75, 3.05) is 0 Å². The Morgan fingerprint density at radius 3 is 2.75 bits per heavy atom. The summed E-state index contributed by atoms with van der Waals surface area (Å²) in [6.45, 7) is 1.94. The van der Waals surface area contributed by atoms with Gasteiger partial charge in [-0.15, -0.1) is 0 Å². The molecule has 1 fully saturated rings. The summed E-state index contributed by atoms with van der Waals surface area (Å²) in [7, 11) is 0. The van der Waals surface area contributed by atoms with E-state index in [1.165, 1.54) is 49.8 Å².